The van der Waals surface area contributed by atoms with Gasteiger partial charge in [0.2, 0.25) is 0 Å². The Hall–Kier alpha value is -2.93. The zero-order chi connectivity index (χ0) is 21.1. The van der Waals surface area contributed by atoms with Crippen molar-refractivity contribution in [1.82, 2.24) is 10.2 Å². The fraction of sp³-hybridized carbons (Fsp3) is 0.348. The van der Waals surface area contributed by atoms with Gasteiger partial charge in [-0.3, -0.25) is 5.10 Å². The van der Waals surface area contributed by atoms with Crippen molar-refractivity contribution in [3.05, 3.63) is 65.5 Å². The van der Waals surface area contributed by atoms with Crippen LogP contribution in [0.15, 0.2) is 42.6 Å². The van der Waals surface area contributed by atoms with E-state index in [4.69, 9.17) is 9.47 Å². The lowest BCUT2D eigenvalue weighted by Crippen LogP contribution is -3.12. The highest BCUT2D eigenvalue weighted by Crippen LogP contribution is 2.32. The van der Waals surface area contributed by atoms with Gasteiger partial charge >= 0.3 is 0 Å². The van der Waals surface area contributed by atoms with Gasteiger partial charge in [-0.1, -0.05) is 0 Å². The number of hydrogen-bond acceptors (Lipinski definition) is 3. The molecule has 0 bridgehead atoms. The van der Waals surface area contributed by atoms with Crippen LogP contribution in [0.1, 0.15) is 30.0 Å². The number of hydrogen-bond donors (Lipinski definition) is 2. The summed E-state index contributed by atoms with van der Waals surface area (Å²) < 4.78 is 38.6. The lowest BCUT2D eigenvalue weighted by molar-refractivity contribution is -0.920. The van der Waals surface area contributed by atoms with Crippen LogP contribution in [-0.4, -0.2) is 37.5 Å². The third-order valence-corrected chi connectivity index (χ3v) is 5.84. The third-order valence-electron chi connectivity index (χ3n) is 5.84. The molecule has 0 saturated carbocycles. The number of ether oxygens (including phenoxy) is 2. The first-order valence-electron chi connectivity index (χ1n) is 10.1. The average Bonchev–Trinajstić information content (AvgIpc) is 3.23. The van der Waals surface area contributed by atoms with Gasteiger partial charge in [0.1, 0.15) is 29.7 Å². The average molecular weight is 414 g/mol. The van der Waals surface area contributed by atoms with Gasteiger partial charge in [0.05, 0.1) is 50.7 Å². The van der Waals surface area contributed by atoms with Crippen LogP contribution in [0.2, 0.25) is 0 Å². The van der Waals surface area contributed by atoms with E-state index in [1.807, 2.05) is 18.2 Å². The molecule has 0 aliphatic carbocycles. The first kappa shape index (κ1) is 20.3. The van der Waals surface area contributed by atoms with E-state index in [0.29, 0.717) is 11.1 Å². The molecule has 2 atom stereocenters. The predicted octanol–water partition coefficient (Wildman–Crippen LogP) is 3.33. The molecule has 2 unspecified atom stereocenters. The number of halogens is 2. The molecular formula is C23H26F2N3O2+. The Morgan fingerprint density at radius 2 is 1.97 bits per heavy atom. The Bertz CT molecular complexity index is 1020. The number of piperidine rings is 1. The second kappa shape index (κ2) is 8.83. The van der Waals surface area contributed by atoms with Crippen molar-refractivity contribution in [3.63, 3.8) is 0 Å². The van der Waals surface area contributed by atoms with Gasteiger partial charge in [-0.25, -0.2) is 8.78 Å². The molecule has 2 N–H and O–H groups in total. The van der Waals surface area contributed by atoms with E-state index < -0.39 is 11.6 Å². The topological polar surface area (TPSA) is 51.6 Å². The molecule has 7 heteroatoms. The van der Waals surface area contributed by atoms with Crippen LogP contribution in [-0.2, 0) is 6.54 Å². The molecule has 1 aromatic heterocycles. The van der Waals surface area contributed by atoms with Gasteiger partial charge in [-0.15, -0.1) is 0 Å². The summed E-state index contributed by atoms with van der Waals surface area (Å²) in [6.07, 6.45) is 3.68. The van der Waals surface area contributed by atoms with Gasteiger partial charge in [-0.2, -0.15) is 5.10 Å². The maximum atomic E-state index is 14.4. The van der Waals surface area contributed by atoms with Crippen molar-refractivity contribution < 1.29 is 23.2 Å². The largest absolute Gasteiger partial charge is 0.497 e. The fourth-order valence-corrected chi connectivity index (χ4v) is 4.38. The van der Waals surface area contributed by atoms with Gasteiger partial charge in [0.15, 0.2) is 0 Å². The Morgan fingerprint density at radius 1 is 1.10 bits per heavy atom. The summed E-state index contributed by atoms with van der Waals surface area (Å²) in [5.41, 5.74) is 3.09. The summed E-state index contributed by atoms with van der Waals surface area (Å²) in [5.74, 6) is 0.718. The number of likely N-dealkylation sites (tertiary alicyclic amines) is 1. The van der Waals surface area contributed by atoms with E-state index in [-0.39, 0.29) is 5.92 Å². The van der Waals surface area contributed by atoms with E-state index in [1.54, 1.807) is 20.4 Å². The molecule has 5 nitrogen and oxygen atoms in total. The number of nitrogens with zero attached hydrogens (tertiary/aromatic N) is 1. The van der Waals surface area contributed by atoms with Crippen molar-refractivity contribution in [3.8, 4) is 22.6 Å². The number of H-pyrrole nitrogens is 1. The second-order valence-electron chi connectivity index (χ2n) is 7.72. The summed E-state index contributed by atoms with van der Waals surface area (Å²) >= 11 is 0. The summed E-state index contributed by atoms with van der Waals surface area (Å²) in [5, 5.41) is 7.24. The third kappa shape index (κ3) is 4.16. The molecular weight excluding hydrogens is 388 g/mol. The van der Waals surface area contributed by atoms with E-state index in [1.165, 1.54) is 17.0 Å². The van der Waals surface area contributed by atoms with Crippen molar-refractivity contribution in [2.75, 3.05) is 27.3 Å². The number of nitrogens with one attached hydrogen (secondary N) is 2. The predicted molar refractivity (Wildman–Crippen MR) is 110 cm³/mol. The first-order chi connectivity index (χ1) is 14.6. The first-order valence-corrected chi connectivity index (χ1v) is 10.1. The molecule has 2 aromatic carbocycles. The summed E-state index contributed by atoms with van der Waals surface area (Å²) in [4.78, 5) is 1.41. The number of quaternary nitrogens is 1. The van der Waals surface area contributed by atoms with Crippen molar-refractivity contribution in [2.45, 2.75) is 25.3 Å². The zero-order valence-electron chi connectivity index (χ0n) is 17.2. The van der Waals surface area contributed by atoms with Crippen LogP contribution < -0.4 is 14.4 Å². The fourth-order valence-electron chi connectivity index (χ4n) is 4.38. The number of aromatic amines is 1. The summed E-state index contributed by atoms with van der Waals surface area (Å²) in [7, 11) is 3.33. The van der Waals surface area contributed by atoms with Crippen LogP contribution in [0.3, 0.4) is 0 Å². The molecule has 0 amide bonds. The van der Waals surface area contributed by atoms with Gasteiger partial charge < -0.3 is 14.4 Å². The minimum atomic E-state index is -0.582. The number of aromatic nitrogens is 2. The maximum Gasteiger partial charge on any atom is 0.134 e. The minimum absolute atomic E-state index is 0.215. The molecule has 0 radical (unpaired) electrons. The highest BCUT2D eigenvalue weighted by atomic mass is 19.1. The standard InChI is InChI=1S/C23H25F2N3O2/c1-29-18-6-8-22(30-2)16(10-18)14-28-9-3-4-15(13-28)23-20(12-26-27-23)19-7-5-17(24)11-21(19)25/h5-8,10-12,15H,3-4,9,13-14H2,1-2H3,(H,26,27)/p+1. The number of benzene rings is 2. The molecule has 4 rings (SSSR count). The molecule has 1 fully saturated rings. The van der Waals surface area contributed by atoms with Gasteiger partial charge in [0.25, 0.3) is 0 Å². The lowest BCUT2D eigenvalue weighted by atomic mass is 9.90. The highest BCUT2D eigenvalue weighted by Gasteiger charge is 2.29. The lowest BCUT2D eigenvalue weighted by Gasteiger charge is -2.30. The monoisotopic (exact) mass is 414 g/mol. The van der Waals surface area contributed by atoms with E-state index in [9.17, 15) is 8.78 Å². The van der Waals surface area contributed by atoms with E-state index in [0.717, 1.165) is 61.3 Å². The Balaban J connectivity index is 1.55. The van der Waals surface area contributed by atoms with Gasteiger partial charge in [0, 0.05) is 17.2 Å². The van der Waals surface area contributed by atoms with Crippen LogP contribution in [0.25, 0.3) is 11.1 Å². The van der Waals surface area contributed by atoms with Crippen LogP contribution in [0.5, 0.6) is 11.5 Å². The number of methoxy groups -OCH3 is 2. The second-order valence-corrected chi connectivity index (χ2v) is 7.72. The molecule has 0 spiro atoms. The van der Waals surface area contributed by atoms with Gasteiger partial charge in [-0.05, 0) is 43.2 Å². The zero-order valence-corrected chi connectivity index (χ0v) is 17.2. The van der Waals surface area contributed by atoms with Crippen molar-refractivity contribution in [1.29, 1.82) is 0 Å². The maximum absolute atomic E-state index is 14.4. The van der Waals surface area contributed by atoms with Crippen molar-refractivity contribution >= 4 is 0 Å². The van der Waals surface area contributed by atoms with Crippen LogP contribution in [0.4, 0.5) is 8.78 Å². The summed E-state index contributed by atoms with van der Waals surface area (Å²) in [6, 6.07) is 9.52. The molecule has 1 aliphatic heterocycles. The number of rotatable bonds is 6. The minimum Gasteiger partial charge on any atom is -0.497 e. The normalized spacial score (nSPS) is 18.9. The van der Waals surface area contributed by atoms with E-state index in [2.05, 4.69) is 10.2 Å². The Kier molecular flexibility index (Phi) is 5.99. The Labute approximate surface area is 174 Å². The molecule has 1 saturated heterocycles. The Morgan fingerprint density at radius 3 is 2.73 bits per heavy atom. The highest BCUT2D eigenvalue weighted by molar-refractivity contribution is 5.66. The summed E-state index contributed by atoms with van der Waals surface area (Å²) in [6.45, 7) is 2.74. The molecule has 3 aromatic rings. The van der Waals surface area contributed by atoms with Crippen LogP contribution in [0, 0.1) is 11.6 Å². The quantitative estimate of drug-likeness (QED) is 0.651. The molecule has 30 heavy (non-hydrogen) atoms. The SMILES string of the molecule is COc1ccc(OC)c(C[NH+]2CCCC(c3[nH]ncc3-c3ccc(F)cc3F)C2)c1. The van der Waals surface area contributed by atoms with E-state index >= 15 is 0 Å². The molecule has 2 heterocycles. The molecule has 1 aliphatic rings. The molecule has 158 valence electrons. The van der Waals surface area contributed by atoms with Crippen LogP contribution >= 0.6 is 0 Å². The smallest absolute Gasteiger partial charge is 0.134 e. The van der Waals surface area contributed by atoms with Crippen molar-refractivity contribution in [2.24, 2.45) is 0 Å².